The highest BCUT2D eigenvalue weighted by molar-refractivity contribution is 7.07. The molecule has 1 aromatic heterocycles. The number of hydrogen-bond acceptors (Lipinski definition) is 3. The van der Waals surface area contributed by atoms with Gasteiger partial charge in [0.2, 0.25) is 0 Å². The van der Waals surface area contributed by atoms with Gasteiger partial charge < -0.3 is 4.90 Å². The molecule has 1 aliphatic rings. The van der Waals surface area contributed by atoms with Crippen LogP contribution in [0.3, 0.4) is 0 Å². The minimum Gasteiger partial charge on any atom is -0.316 e. The highest BCUT2D eigenvalue weighted by Gasteiger charge is 2.44. The summed E-state index contributed by atoms with van der Waals surface area (Å²) >= 11 is 1.66. The van der Waals surface area contributed by atoms with Crippen LogP contribution >= 0.6 is 11.3 Å². The van der Waals surface area contributed by atoms with E-state index in [0.717, 1.165) is 22.7 Å². The van der Waals surface area contributed by atoms with Crippen LogP contribution < -0.4 is 9.80 Å². The summed E-state index contributed by atoms with van der Waals surface area (Å²) in [5.41, 5.74) is 3.12. The Hall–Kier alpha value is -2.18. The summed E-state index contributed by atoms with van der Waals surface area (Å²) < 4.78 is 0. The van der Waals surface area contributed by atoms with Crippen molar-refractivity contribution in [2.75, 3.05) is 18.6 Å². The SMILES string of the molecule is Cc1ccc(N2C(=O)N(C[NH+](C)Cc3ccsc3)C(=O)[C@H]2C)cc1. The minimum atomic E-state index is -0.464. The maximum atomic E-state index is 12.8. The molecule has 3 rings (SSSR count). The molecule has 0 radical (unpaired) electrons. The van der Waals surface area contributed by atoms with Gasteiger partial charge in [0, 0.05) is 11.3 Å². The van der Waals surface area contributed by atoms with E-state index in [1.807, 2.05) is 43.6 Å². The fourth-order valence-corrected chi connectivity index (χ4v) is 3.65. The number of quaternary nitrogens is 1. The molecule has 1 fully saturated rings. The fraction of sp³-hybridized carbons (Fsp3) is 0.333. The van der Waals surface area contributed by atoms with Crippen LogP contribution in [0.2, 0.25) is 0 Å². The van der Waals surface area contributed by atoms with Crippen molar-refractivity contribution in [3.05, 3.63) is 52.2 Å². The lowest BCUT2D eigenvalue weighted by atomic mass is 10.2. The van der Waals surface area contributed by atoms with Crippen molar-refractivity contribution in [2.24, 2.45) is 0 Å². The van der Waals surface area contributed by atoms with Crippen molar-refractivity contribution in [2.45, 2.75) is 26.4 Å². The second-order valence-electron chi connectivity index (χ2n) is 6.35. The number of carbonyl (C=O) groups excluding carboxylic acids is 2. The number of anilines is 1. The van der Waals surface area contributed by atoms with E-state index in [1.165, 1.54) is 10.5 Å². The van der Waals surface area contributed by atoms with Crippen molar-refractivity contribution in [1.82, 2.24) is 4.90 Å². The number of imide groups is 1. The van der Waals surface area contributed by atoms with Gasteiger partial charge in [0.1, 0.15) is 12.6 Å². The molecule has 2 aromatic rings. The van der Waals surface area contributed by atoms with Gasteiger partial charge >= 0.3 is 6.03 Å². The van der Waals surface area contributed by atoms with Crippen molar-refractivity contribution in [1.29, 1.82) is 0 Å². The maximum absolute atomic E-state index is 12.8. The zero-order chi connectivity index (χ0) is 17.3. The number of urea groups is 1. The molecule has 1 N–H and O–H groups in total. The Kier molecular flexibility index (Phi) is 4.69. The van der Waals surface area contributed by atoms with Gasteiger partial charge in [0.25, 0.3) is 5.91 Å². The van der Waals surface area contributed by atoms with Crippen molar-refractivity contribution in [3.8, 4) is 0 Å². The zero-order valence-corrected chi connectivity index (χ0v) is 15.0. The molecular formula is C18H22N3O2S+. The first kappa shape index (κ1) is 16.7. The summed E-state index contributed by atoms with van der Waals surface area (Å²) in [6.07, 6.45) is 0. The van der Waals surface area contributed by atoms with Gasteiger partial charge in [0.05, 0.1) is 7.05 Å². The molecule has 1 aliphatic heterocycles. The van der Waals surface area contributed by atoms with Crippen LogP contribution in [0, 0.1) is 6.92 Å². The molecule has 2 atom stereocenters. The molecular weight excluding hydrogens is 322 g/mol. The molecule has 24 heavy (non-hydrogen) atoms. The third-order valence-corrected chi connectivity index (χ3v) is 5.01. The molecule has 126 valence electrons. The number of benzene rings is 1. The molecule has 6 heteroatoms. The smallest absolute Gasteiger partial charge is 0.316 e. The first-order valence-electron chi connectivity index (χ1n) is 8.01. The molecule has 3 amide bonds. The van der Waals surface area contributed by atoms with Crippen molar-refractivity contribution >= 4 is 29.0 Å². The van der Waals surface area contributed by atoms with Crippen molar-refractivity contribution in [3.63, 3.8) is 0 Å². The van der Waals surface area contributed by atoms with Crippen LogP contribution in [0.1, 0.15) is 18.1 Å². The average molecular weight is 344 g/mol. The number of nitrogens with one attached hydrogen (secondary N) is 1. The predicted octanol–water partition coefficient (Wildman–Crippen LogP) is 1.89. The molecule has 1 saturated heterocycles. The third kappa shape index (κ3) is 3.20. The zero-order valence-electron chi connectivity index (χ0n) is 14.2. The van der Waals surface area contributed by atoms with Gasteiger partial charge in [-0.25, -0.2) is 9.69 Å². The van der Waals surface area contributed by atoms with Gasteiger partial charge in [-0.1, -0.05) is 17.7 Å². The van der Waals surface area contributed by atoms with E-state index in [0.29, 0.717) is 6.67 Å². The lowest BCUT2D eigenvalue weighted by Crippen LogP contribution is -3.09. The quantitative estimate of drug-likeness (QED) is 0.842. The predicted molar refractivity (Wildman–Crippen MR) is 95.1 cm³/mol. The Labute approximate surface area is 146 Å². The summed E-state index contributed by atoms with van der Waals surface area (Å²) in [7, 11) is 2.00. The fourth-order valence-electron chi connectivity index (χ4n) is 2.98. The molecule has 2 heterocycles. The van der Waals surface area contributed by atoms with E-state index in [2.05, 4.69) is 11.4 Å². The normalized spacial score (nSPS) is 19.2. The van der Waals surface area contributed by atoms with Crippen LogP contribution in [-0.2, 0) is 11.3 Å². The van der Waals surface area contributed by atoms with Crippen LogP contribution in [0.4, 0.5) is 10.5 Å². The summed E-state index contributed by atoms with van der Waals surface area (Å²) in [4.78, 5) is 29.4. The van der Waals surface area contributed by atoms with E-state index in [4.69, 9.17) is 0 Å². The van der Waals surface area contributed by atoms with E-state index in [1.54, 1.807) is 23.2 Å². The maximum Gasteiger partial charge on any atom is 0.336 e. The number of hydrogen-bond donors (Lipinski definition) is 1. The molecule has 0 saturated carbocycles. The van der Waals surface area contributed by atoms with E-state index in [-0.39, 0.29) is 11.9 Å². The van der Waals surface area contributed by atoms with Gasteiger partial charge in [-0.15, -0.1) is 0 Å². The highest BCUT2D eigenvalue weighted by Crippen LogP contribution is 2.25. The van der Waals surface area contributed by atoms with Gasteiger partial charge in [-0.05, 0) is 42.8 Å². The Balaban J connectivity index is 1.74. The summed E-state index contributed by atoms with van der Waals surface area (Å²) in [5, 5.41) is 4.13. The second-order valence-corrected chi connectivity index (χ2v) is 7.13. The van der Waals surface area contributed by atoms with Crippen LogP contribution in [-0.4, -0.2) is 36.6 Å². The number of thiophene rings is 1. The average Bonchev–Trinajstić information content (AvgIpc) is 3.12. The van der Waals surface area contributed by atoms with E-state index < -0.39 is 6.04 Å². The standard InChI is InChI=1S/C18H21N3O2S/c1-13-4-6-16(7-5-13)21-14(2)17(22)20(18(21)23)12-19(3)10-15-8-9-24-11-15/h4-9,11,14H,10,12H2,1-3H3/p+1/t14-/m1/s1. The first-order chi connectivity index (χ1) is 11.5. The summed E-state index contributed by atoms with van der Waals surface area (Å²) in [6.45, 7) is 4.95. The topological polar surface area (TPSA) is 45.1 Å². The Bertz CT molecular complexity index is 727. The van der Waals surface area contributed by atoms with Crippen LogP contribution in [0.15, 0.2) is 41.1 Å². The van der Waals surface area contributed by atoms with Crippen LogP contribution in [0.25, 0.3) is 0 Å². The highest BCUT2D eigenvalue weighted by atomic mass is 32.1. The van der Waals surface area contributed by atoms with Crippen molar-refractivity contribution < 1.29 is 14.5 Å². The van der Waals surface area contributed by atoms with Gasteiger partial charge in [0.15, 0.2) is 6.67 Å². The number of amides is 3. The summed E-state index contributed by atoms with van der Waals surface area (Å²) in [5.74, 6) is -0.134. The van der Waals surface area contributed by atoms with Gasteiger partial charge in [-0.2, -0.15) is 11.3 Å². The largest absolute Gasteiger partial charge is 0.336 e. The number of aryl methyl sites for hydroxylation is 1. The molecule has 0 spiro atoms. The molecule has 1 unspecified atom stereocenters. The monoisotopic (exact) mass is 344 g/mol. The van der Waals surface area contributed by atoms with E-state index in [9.17, 15) is 9.59 Å². The Morgan fingerprint density at radius 2 is 1.88 bits per heavy atom. The second kappa shape index (κ2) is 6.75. The Morgan fingerprint density at radius 1 is 1.17 bits per heavy atom. The lowest BCUT2D eigenvalue weighted by Gasteiger charge is -2.21. The van der Waals surface area contributed by atoms with E-state index >= 15 is 0 Å². The molecule has 0 aliphatic carbocycles. The Morgan fingerprint density at radius 3 is 2.50 bits per heavy atom. The minimum absolute atomic E-state index is 0.134. The van der Waals surface area contributed by atoms with Gasteiger partial charge in [-0.3, -0.25) is 9.69 Å². The lowest BCUT2D eigenvalue weighted by molar-refractivity contribution is -0.901. The number of nitrogens with zero attached hydrogens (tertiary/aromatic N) is 2. The summed E-state index contributed by atoms with van der Waals surface area (Å²) in [6, 6.07) is 9.07. The molecule has 1 aromatic carbocycles. The first-order valence-corrected chi connectivity index (χ1v) is 8.95. The number of carbonyl (C=O) groups is 2. The molecule has 5 nitrogen and oxygen atoms in total. The number of rotatable bonds is 5. The third-order valence-electron chi connectivity index (χ3n) is 4.27. The molecule has 0 bridgehead atoms. The van der Waals surface area contributed by atoms with Crippen LogP contribution in [0.5, 0.6) is 0 Å².